The van der Waals surface area contributed by atoms with Gasteiger partial charge in [-0.3, -0.25) is 14.4 Å². The predicted octanol–water partition coefficient (Wildman–Crippen LogP) is 3.59. The zero-order valence-electron chi connectivity index (χ0n) is 18.6. The van der Waals surface area contributed by atoms with Gasteiger partial charge in [-0.25, -0.2) is 0 Å². The average Bonchev–Trinajstić information content (AvgIpc) is 2.79. The Bertz CT molecular complexity index is 1320. The fourth-order valence-electron chi connectivity index (χ4n) is 5.38. The third kappa shape index (κ3) is 3.57. The highest BCUT2D eigenvalue weighted by Gasteiger charge is 2.56. The van der Waals surface area contributed by atoms with E-state index in [1.807, 2.05) is 37.3 Å². The first-order valence-corrected chi connectivity index (χ1v) is 11.2. The van der Waals surface area contributed by atoms with Crippen molar-refractivity contribution in [3.05, 3.63) is 64.6 Å². The van der Waals surface area contributed by atoms with Crippen LogP contribution in [0.4, 0.5) is 0 Å². The molecule has 1 aliphatic carbocycles. The number of aliphatic carboxylic acids is 1. The number of carbonyl (C=O) groups is 2. The molecule has 2 saturated heterocycles. The van der Waals surface area contributed by atoms with E-state index in [1.165, 1.54) is 0 Å². The highest BCUT2D eigenvalue weighted by Crippen LogP contribution is 2.50. The van der Waals surface area contributed by atoms with Crippen molar-refractivity contribution in [1.82, 2.24) is 9.88 Å². The lowest BCUT2D eigenvalue weighted by atomic mass is 9.58. The molecule has 3 heterocycles. The largest absolute Gasteiger partial charge is 0.481 e. The van der Waals surface area contributed by atoms with Crippen molar-refractivity contribution in [3.63, 3.8) is 0 Å². The number of aryl methyl sites for hydroxylation is 1. The van der Waals surface area contributed by atoms with Gasteiger partial charge in [-0.2, -0.15) is 0 Å². The molecule has 3 aromatic rings. The van der Waals surface area contributed by atoms with E-state index in [-0.39, 0.29) is 23.9 Å². The summed E-state index contributed by atoms with van der Waals surface area (Å²) < 4.78 is 5.91. The Hall–Kier alpha value is -3.61. The third-order valence-corrected chi connectivity index (χ3v) is 7.07. The number of carboxylic acids is 1. The molecule has 1 amide bonds. The molecule has 2 aliphatic heterocycles. The minimum absolute atomic E-state index is 0.225. The Morgan fingerprint density at radius 2 is 1.91 bits per heavy atom. The van der Waals surface area contributed by atoms with Crippen LogP contribution in [0.5, 0.6) is 5.75 Å². The number of piperidine rings is 2. The molecule has 3 aliphatic rings. The van der Waals surface area contributed by atoms with Crippen LogP contribution in [0.3, 0.4) is 0 Å². The van der Waals surface area contributed by atoms with E-state index in [0.717, 1.165) is 22.1 Å². The van der Waals surface area contributed by atoms with Gasteiger partial charge in [0.2, 0.25) is 0 Å². The van der Waals surface area contributed by atoms with Gasteiger partial charge in [0.15, 0.2) is 6.10 Å². The number of hydrogen-bond acceptors (Lipinski definition) is 4. The summed E-state index contributed by atoms with van der Waals surface area (Å²) in [6, 6.07) is 13.2. The van der Waals surface area contributed by atoms with E-state index >= 15 is 0 Å². The quantitative estimate of drug-likeness (QED) is 0.624. The summed E-state index contributed by atoms with van der Waals surface area (Å²) >= 11 is 0. The van der Waals surface area contributed by atoms with Crippen LogP contribution >= 0.6 is 0 Å². The molecular formula is C26H26N2O5. The van der Waals surface area contributed by atoms with Crippen molar-refractivity contribution in [2.45, 2.75) is 32.8 Å². The molecule has 33 heavy (non-hydrogen) atoms. The van der Waals surface area contributed by atoms with Crippen LogP contribution in [-0.2, 0) is 9.59 Å². The number of amides is 1. The monoisotopic (exact) mass is 446 g/mol. The van der Waals surface area contributed by atoms with Crippen LogP contribution in [0.15, 0.2) is 53.5 Å². The summed E-state index contributed by atoms with van der Waals surface area (Å²) in [5, 5.41) is 10.8. The minimum atomic E-state index is -0.831. The van der Waals surface area contributed by atoms with Crippen molar-refractivity contribution >= 4 is 22.6 Å². The molecule has 0 unspecified atom stereocenters. The maximum absolute atomic E-state index is 13.0. The first-order chi connectivity index (χ1) is 15.8. The molecule has 6 rings (SSSR count). The second-order valence-electron chi connectivity index (χ2n) is 9.39. The number of benzene rings is 2. The maximum Gasteiger partial charge on any atom is 0.311 e. The fourth-order valence-corrected chi connectivity index (χ4v) is 5.38. The molecule has 1 saturated carbocycles. The van der Waals surface area contributed by atoms with E-state index < -0.39 is 17.5 Å². The van der Waals surface area contributed by atoms with Crippen molar-refractivity contribution in [2.24, 2.45) is 11.3 Å². The zero-order valence-corrected chi connectivity index (χ0v) is 18.6. The number of aromatic nitrogens is 1. The lowest BCUT2D eigenvalue weighted by Gasteiger charge is -2.53. The second kappa shape index (κ2) is 7.76. The average molecular weight is 447 g/mol. The second-order valence-corrected chi connectivity index (χ2v) is 9.39. The van der Waals surface area contributed by atoms with Crippen LogP contribution in [-0.4, -0.2) is 46.1 Å². The molecule has 2 bridgehead atoms. The van der Waals surface area contributed by atoms with E-state index in [4.69, 9.17) is 4.74 Å². The van der Waals surface area contributed by atoms with Gasteiger partial charge in [0.25, 0.3) is 11.5 Å². The number of hydrogen-bond donors (Lipinski definition) is 2. The number of nitrogens with one attached hydrogen (secondary N) is 1. The van der Waals surface area contributed by atoms with Crippen LogP contribution in [0, 0.1) is 18.3 Å². The number of ether oxygens (including phenoxy) is 1. The Morgan fingerprint density at radius 1 is 1.15 bits per heavy atom. The number of carbonyl (C=O) groups excluding carboxylic acids is 1. The van der Waals surface area contributed by atoms with Gasteiger partial charge in [0.05, 0.1) is 10.8 Å². The number of carboxylic acid groups (broad SMARTS) is 1. The van der Waals surface area contributed by atoms with Gasteiger partial charge >= 0.3 is 5.97 Å². The van der Waals surface area contributed by atoms with Gasteiger partial charge in [-0.15, -0.1) is 0 Å². The number of H-pyrrole nitrogens is 1. The summed E-state index contributed by atoms with van der Waals surface area (Å²) in [6.07, 6.45) is 2.21. The number of pyridine rings is 1. The Balaban J connectivity index is 1.39. The van der Waals surface area contributed by atoms with Gasteiger partial charge in [-0.05, 0) is 67.3 Å². The first kappa shape index (κ1) is 21.2. The smallest absolute Gasteiger partial charge is 0.311 e. The molecule has 3 fully saturated rings. The van der Waals surface area contributed by atoms with E-state index in [2.05, 4.69) is 4.98 Å². The fraction of sp³-hybridized carbons (Fsp3) is 0.346. The van der Waals surface area contributed by atoms with Crippen LogP contribution in [0.1, 0.15) is 25.3 Å². The van der Waals surface area contributed by atoms with Gasteiger partial charge in [0.1, 0.15) is 5.75 Å². The minimum Gasteiger partial charge on any atom is -0.481 e. The van der Waals surface area contributed by atoms with Crippen LogP contribution in [0.2, 0.25) is 0 Å². The normalized spacial score (nSPS) is 22.5. The number of fused-ring (bicyclic) bond motifs is 3. The Kier molecular flexibility index (Phi) is 5.00. The Morgan fingerprint density at radius 3 is 2.64 bits per heavy atom. The lowest BCUT2D eigenvalue weighted by molar-refractivity contribution is -0.173. The van der Waals surface area contributed by atoms with E-state index in [9.17, 15) is 19.5 Å². The summed E-state index contributed by atoms with van der Waals surface area (Å²) in [4.78, 5) is 41.6. The first-order valence-electron chi connectivity index (χ1n) is 11.2. The van der Waals surface area contributed by atoms with Gasteiger partial charge in [-0.1, -0.05) is 24.3 Å². The number of rotatable bonds is 5. The van der Waals surface area contributed by atoms with Crippen molar-refractivity contribution < 1.29 is 19.4 Å². The Labute approximate surface area is 191 Å². The summed E-state index contributed by atoms with van der Waals surface area (Å²) in [5.74, 6) is -0.397. The van der Waals surface area contributed by atoms with Gasteiger partial charge in [0, 0.05) is 24.8 Å². The summed E-state index contributed by atoms with van der Waals surface area (Å²) in [7, 11) is 0. The maximum atomic E-state index is 13.0. The van der Waals surface area contributed by atoms with Crippen molar-refractivity contribution in [2.75, 3.05) is 13.1 Å². The van der Waals surface area contributed by atoms with Crippen molar-refractivity contribution in [1.29, 1.82) is 0 Å². The third-order valence-electron chi connectivity index (χ3n) is 7.07. The topological polar surface area (TPSA) is 99.7 Å². The molecule has 0 radical (unpaired) electrons. The molecule has 2 N–H and O–H groups in total. The molecule has 170 valence electrons. The van der Waals surface area contributed by atoms with Gasteiger partial charge < -0.3 is 19.7 Å². The molecule has 1 aromatic heterocycles. The zero-order chi connectivity index (χ0) is 23.3. The molecule has 7 heteroatoms. The molecule has 7 nitrogen and oxygen atoms in total. The number of aromatic amines is 1. The lowest BCUT2D eigenvalue weighted by Crippen LogP contribution is -2.62. The standard InChI is InChI=1S/C26H26N2O5/c1-15-5-3-4-6-19(15)22-12-27-23(29)21-9-18(7-8-20(21)22)33-16(2)24(30)28-13-17-10-26(11-17,14-28)25(31)32/h3-9,12,16-17H,10-11,13-14H2,1-2H3,(H,27,29)(H,31,32)/t16-,17?,26?/m1/s1. The van der Waals surface area contributed by atoms with Crippen LogP contribution < -0.4 is 10.3 Å². The summed E-state index contributed by atoms with van der Waals surface area (Å²) in [5.41, 5.74) is 2.02. The van der Waals surface area contributed by atoms with E-state index in [0.29, 0.717) is 30.5 Å². The molecule has 1 atom stereocenters. The highest BCUT2D eigenvalue weighted by molar-refractivity contribution is 5.97. The highest BCUT2D eigenvalue weighted by atomic mass is 16.5. The molecule has 0 spiro atoms. The molecule has 2 aromatic carbocycles. The SMILES string of the molecule is Cc1ccccc1-c1c[nH]c(=O)c2cc(O[C@H](C)C(=O)N3CC4CC(C(=O)O)(C4)C3)ccc12. The summed E-state index contributed by atoms with van der Waals surface area (Å²) in [6.45, 7) is 4.48. The number of nitrogens with zero attached hydrogens (tertiary/aromatic N) is 1. The predicted molar refractivity (Wildman–Crippen MR) is 124 cm³/mol. The van der Waals surface area contributed by atoms with Crippen LogP contribution in [0.25, 0.3) is 21.9 Å². The van der Waals surface area contributed by atoms with Crippen molar-refractivity contribution in [3.8, 4) is 16.9 Å². The molecular weight excluding hydrogens is 420 g/mol. The van der Waals surface area contributed by atoms with E-state index in [1.54, 1.807) is 30.2 Å².